The fraction of sp³-hybridized carbons (Fsp3) is 0.462. The van der Waals surface area contributed by atoms with Gasteiger partial charge in [0.25, 0.3) is 0 Å². The molecular weight excluding hydrogens is 312 g/mol. The lowest BCUT2D eigenvalue weighted by atomic mass is 10.2. The van der Waals surface area contributed by atoms with Crippen molar-refractivity contribution in [1.82, 2.24) is 5.32 Å². The van der Waals surface area contributed by atoms with Gasteiger partial charge in [-0.3, -0.25) is 4.79 Å². The van der Waals surface area contributed by atoms with Gasteiger partial charge >= 0.3 is 0 Å². The Morgan fingerprint density at radius 1 is 1.32 bits per heavy atom. The van der Waals surface area contributed by atoms with Crippen molar-refractivity contribution >= 4 is 27.5 Å². The van der Waals surface area contributed by atoms with E-state index >= 15 is 0 Å². The van der Waals surface area contributed by atoms with E-state index in [2.05, 4.69) is 26.6 Å². The molecule has 6 heteroatoms. The number of carbonyl (C=O) groups is 1. The summed E-state index contributed by atoms with van der Waals surface area (Å²) in [5, 5.41) is 6.09. The number of halogens is 1. The Morgan fingerprint density at radius 2 is 2.05 bits per heavy atom. The van der Waals surface area contributed by atoms with Crippen LogP contribution in [0.1, 0.15) is 12.8 Å². The molecule has 1 saturated heterocycles. The zero-order valence-electron chi connectivity index (χ0n) is 10.4. The number of amides is 1. The van der Waals surface area contributed by atoms with Crippen LogP contribution < -0.4 is 20.1 Å². The predicted molar refractivity (Wildman–Crippen MR) is 74.8 cm³/mol. The van der Waals surface area contributed by atoms with Crippen molar-refractivity contribution < 1.29 is 14.3 Å². The Bertz CT molecular complexity index is 501. The summed E-state index contributed by atoms with van der Waals surface area (Å²) < 4.78 is 11.8. The van der Waals surface area contributed by atoms with Crippen LogP contribution in [0.4, 0.5) is 5.69 Å². The molecule has 19 heavy (non-hydrogen) atoms. The van der Waals surface area contributed by atoms with Crippen molar-refractivity contribution in [2.24, 2.45) is 0 Å². The summed E-state index contributed by atoms with van der Waals surface area (Å²) in [4.78, 5) is 12.1. The van der Waals surface area contributed by atoms with E-state index in [4.69, 9.17) is 9.47 Å². The van der Waals surface area contributed by atoms with Gasteiger partial charge < -0.3 is 20.1 Å². The molecular formula is C13H15BrN2O3. The Hall–Kier alpha value is -1.27. The molecule has 2 aliphatic heterocycles. The molecule has 0 radical (unpaired) electrons. The predicted octanol–water partition coefficient (Wildman–Crippen LogP) is 1.91. The third kappa shape index (κ3) is 2.69. The first-order valence-corrected chi connectivity index (χ1v) is 7.17. The van der Waals surface area contributed by atoms with Gasteiger partial charge in [0.15, 0.2) is 11.5 Å². The number of fused-ring (bicyclic) bond motifs is 1. The maximum Gasteiger partial charge on any atom is 0.241 e. The lowest BCUT2D eigenvalue weighted by Gasteiger charge is -2.20. The Morgan fingerprint density at radius 3 is 2.74 bits per heavy atom. The second-order valence-electron chi connectivity index (χ2n) is 4.61. The highest BCUT2D eigenvalue weighted by Crippen LogP contribution is 2.38. The van der Waals surface area contributed by atoms with E-state index < -0.39 is 0 Å². The number of benzene rings is 1. The summed E-state index contributed by atoms with van der Waals surface area (Å²) >= 11 is 3.44. The summed E-state index contributed by atoms with van der Waals surface area (Å²) in [6.45, 7) is 1.99. The van der Waals surface area contributed by atoms with E-state index in [-0.39, 0.29) is 11.9 Å². The molecule has 2 aliphatic rings. The fourth-order valence-electron chi connectivity index (χ4n) is 2.29. The van der Waals surface area contributed by atoms with E-state index in [0.717, 1.165) is 23.9 Å². The van der Waals surface area contributed by atoms with Crippen LogP contribution in [0.5, 0.6) is 11.5 Å². The zero-order chi connectivity index (χ0) is 13.2. The maximum absolute atomic E-state index is 12.1. The summed E-state index contributed by atoms with van der Waals surface area (Å²) in [6.07, 6.45) is 1.92. The first-order valence-electron chi connectivity index (χ1n) is 6.37. The van der Waals surface area contributed by atoms with Crippen LogP contribution in [0.3, 0.4) is 0 Å². The number of rotatable bonds is 2. The molecule has 0 unspecified atom stereocenters. The van der Waals surface area contributed by atoms with Crippen molar-refractivity contribution in [1.29, 1.82) is 0 Å². The van der Waals surface area contributed by atoms with E-state index in [0.29, 0.717) is 30.4 Å². The summed E-state index contributed by atoms with van der Waals surface area (Å²) in [6, 6.07) is 3.53. The molecule has 5 nitrogen and oxygen atoms in total. The van der Waals surface area contributed by atoms with Gasteiger partial charge in [-0.05, 0) is 35.3 Å². The van der Waals surface area contributed by atoms with Gasteiger partial charge in [0.05, 0.1) is 11.7 Å². The molecule has 0 bridgehead atoms. The molecule has 1 aromatic carbocycles. The number of anilines is 1. The maximum atomic E-state index is 12.1. The molecule has 3 rings (SSSR count). The molecule has 1 fully saturated rings. The first kappa shape index (κ1) is 12.7. The van der Waals surface area contributed by atoms with Gasteiger partial charge in [-0.2, -0.15) is 0 Å². The molecule has 0 aliphatic carbocycles. The van der Waals surface area contributed by atoms with Crippen molar-refractivity contribution in [2.45, 2.75) is 18.9 Å². The molecule has 0 saturated carbocycles. The number of hydrogen-bond donors (Lipinski definition) is 2. The summed E-state index contributed by atoms with van der Waals surface area (Å²) in [7, 11) is 0. The standard InChI is InChI=1S/C13H15BrN2O3/c14-8-6-11-12(19-5-4-18-11)7-10(8)16-13(17)9-2-1-3-15-9/h6-7,9,15H,1-5H2,(H,16,17)/t9-/m0/s1. The largest absolute Gasteiger partial charge is 0.486 e. The molecule has 2 N–H and O–H groups in total. The van der Waals surface area contributed by atoms with Crippen molar-refractivity contribution in [3.05, 3.63) is 16.6 Å². The number of hydrogen-bond acceptors (Lipinski definition) is 4. The van der Waals surface area contributed by atoms with Crippen molar-refractivity contribution in [2.75, 3.05) is 25.1 Å². The summed E-state index contributed by atoms with van der Waals surface area (Å²) in [5.41, 5.74) is 0.711. The number of carbonyl (C=O) groups excluding carboxylic acids is 1. The van der Waals surface area contributed by atoms with E-state index in [1.165, 1.54) is 0 Å². The Labute approximate surface area is 119 Å². The smallest absolute Gasteiger partial charge is 0.241 e. The van der Waals surface area contributed by atoms with Gasteiger partial charge in [-0.15, -0.1) is 0 Å². The van der Waals surface area contributed by atoms with Crippen LogP contribution in [-0.4, -0.2) is 31.7 Å². The second-order valence-corrected chi connectivity index (χ2v) is 5.47. The van der Waals surface area contributed by atoms with Crippen LogP contribution in [0.15, 0.2) is 16.6 Å². The first-order chi connectivity index (χ1) is 9.24. The third-order valence-electron chi connectivity index (χ3n) is 3.27. The molecule has 1 atom stereocenters. The summed E-state index contributed by atoms with van der Waals surface area (Å²) in [5.74, 6) is 1.37. The topological polar surface area (TPSA) is 59.6 Å². The molecule has 102 valence electrons. The second kappa shape index (κ2) is 5.38. The van der Waals surface area contributed by atoms with Crippen molar-refractivity contribution in [3.63, 3.8) is 0 Å². The third-order valence-corrected chi connectivity index (χ3v) is 3.92. The minimum Gasteiger partial charge on any atom is -0.486 e. The van der Waals surface area contributed by atoms with Gasteiger partial charge in [-0.25, -0.2) is 0 Å². The van der Waals surface area contributed by atoms with Gasteiger partial charge in [0.1, 0.15) is 13.2 Å². The highest BCUT2D eigenvalue weighted by Gasteiger charge is 2.23. The average Bonchev–Trinajstić information content (AvgIpc) is 2.93. The van der Waals surface area contributed by atoms with E-state index in [1.807, 2.05) is 6.07 Å². The van der Waals surface area contributed by atoms with E-state index in [9.17, 15) is 4.79 Å². The highest BCUT2D eigenvalue weighted by atomic mass is 79.9. The molecule has 0 spiro atoms. The van der Waals surface area contributed by atoms with Crippen LogP contribution in [0.2, 0.25) is 0 Å². The minimum atomic E-state index is -0.0971. The Balaban J connectivity index is 1.78. The number of ether oxygens (including phenoxy) is 2. The van der Waals surface area contributed by atoms with Gasteiger partial charge in [-0.1, -0.05) is 0 Å². The average molecular weight is 327 g/mol. The van der Waals surface area contributed by atoms with Crippen LogP contribution >= 0.6 is 15.9 Å². The fourth-order valence-corrected chi connectivity index (χ4v) is 2.71. The quantitative estimate of drug-likeness (QED) is 0.871. The van der Waals surface area contributed by atoms with Crippen LogP contribution in [-0.2, 0) is 4.79 Å². The monoisotopic (exact) mass is 326 g/mol. The normalized spacial score (nSPS) is 21.2. The SMILES string of the molecule is O=C(Nc1cc2c(cc1Br)OCCO2)[C@@H]1CCCN1. The number of nitrogens with one attached hydrogen (secondary N) is 2. The van der Waals surface area contributed by atoms with Crippen LogP contribution in [0, 0.1) is 0 Å². The molecule has 1 amide bonds. The Kier molecular flexibility index (Phi) is 3.61. The van der Waals surface area contributed by atoms with Crippen LogP contribution in [0.25, 0.3) is 0 Å². The highest BCUT2D eigenvalue weighted by molar-refractivity contribution is 9.10. The lowest BCUT2D eigenvalue weighted by molar-refractivity contribution is -0.117. The lowest BCUT2D eigenvalue weighted by Crippen LogP contribution is -2.35. The van der Waals surface area contributed by atoms with Gasteiger partial charge in [0.2, 0.25) is 5.91 Å². The van der Waals surface area contributed by atoms with Gasteiger partial charge in [0, 0.05) is 16.6 Å². The molecule has 0 aromatic heterocycles. The zero-order valence-corrected chi connectivity index (χ0v) is 12.0. The molecule has 2 heterocycles. The minimum absolute atomic E-state index is 0.00474. The molecule has 1 aromatic rings. The van der Waals surface area contributed by atoms with Crippen molar-refractivity contribution in [3.8, 4) is 11.5 Å². The van der Waals surface area contributed by atoms with E-state index in [1.54, 1.807) is 6.07 Å².